The van der Waals surface area contributed by atoms with Crippen molar-refractivity contribution in [3.05, 3.63) is 48.1 Å². The highest BCUT2D eigenvalue weighted by Gasteiger charge is 2.12. The number of rotatable bonds is 11. The highest BCUT2D eigenvalue weighted by atomic mass is 35.5. The van der Waals surface area contributed by atoms with E-state index in [9.17, 15) is 0 Å². The number of unbranched alkanes of at least 4 members (excludes halogenated alkanes) is 2. The fraction of sp³-hybridized carbons (Fsp3) is 0.750. The minimum atomic E-state index is 0.0238. The van der Waals surface area contributed by atoms with Gasteiger partial charge in [0, 0.05) is 10.8 Å². The summed E-state index contributed by atoms with van der Waals surface area (Å²) in [7, 11) is 0. The van der Waals surface area contributed by atoms with Crippen molar-refractivity contribution in [3.8, 4) is 0 Å². The SMILES string of the molecule is CC/C=C/C=C/CCC.CC1CCCC/C1=C/CCl.CC=CC(Cl)CCC.CCCCC(C)(C)Cl. The van der Waals surface area contributed by atoms with E-state index in [2.05, 4.69) is 78.8 Å². The van der Waals surface area contributed by atoms with E-state index in [-0.39, 0.29) is 10.3 Å². The van der Waals surface area contributed by atoms with Gasteiger partial charge in [-0.3, -0.25) is 0 Å². The van der Waals surface area contributed by atoms with E-state index in [1.165, 1.54) is 57.8 Å². The predicted octanol–water partition coefficient (Wildman–Crippen LogP) is 12.8. The Hall–Kier alpha value is -0.170. The Labute approximate surface area is 236 Å². The van der Waals surface area contributed by atoms with Gasteiger partial charge in [0.2, 0.25) is 0 Å². The standard InChI is InChI=1S/C9H15Cl.C9H16.C7H15Cl.C7H13Cl/c1-8-4-2-3-5-9(8)6-7-10;1-3-5-7-9-8-6-4-2;1-4-5-6-7(2,3)8;1-3-5-7(8)6-4-2/h6,8H,2-5,7H2,1H3;5,7-9H,3-4,6H2,1-2H3;4-6H2,1-3H3;3,5,7H,4,6H2,1-2H3/b9-6-;7-5+,9-8+;;. The second-order valence-corrected chi connectivity index (χ2v) is 11.7. The van der Waals surface area contributed by atoms with E-state index in [1.54, 1.807) is 5.57 Å². The van der Waals surface area contributed by atoms with Crippen LogP contribution in [-0.4, -0.2) is 16.1 Å². The van der Waals surface area contributed by atoms with Crippen LogP contribution >= 0.6 is 34.8 Å². The summed E-state index contributed by atoms with van der Waals surface area (Å²) in [6, 6.07) is 0. The second-order valence-electron chi connectivity index (χ2n) is 9.79. The third kappa shape index (κ3) is 36.1. The smallest absolute Gasteiger partial charge is 0.0515 e. The third-order valence-corrected chi connectivity index (χ3v) is 6.20. The first-order valence-corrected chi connectivity index (χ1v) is 15.5. The molecule has 0 aromatic rings. The van der Waals surface area contributed by atoms with Gasteiger partial charge in [-0.25, -0.2) is 0 Å². The van der Waals surface area contributed by atoms with Gasteiger partial charge in [0.1, 0.15) is 0 Å². The van der Waals surface area contributed by atoms with Crippen LogP contribution < -0.4 is 0 Å². The minimum absolute atomic E-state index is 0.0238. The van der Waals surface area contributed by atoms with E-state index in [0.29, 0.717) is 5.88 Å². The van der Waals surface area contributed by atoms with Crippen molar-refractivity contribution in [1.29, 1.82) is 0 Å². The Morgan fingerprint density at radius 3 is 2.09 bits per heavy atom. The molecule has 0 radical (unpaired) electrons. The normalized spacial score (nSPS) is 18.0. The van der Waals surface area contributed by atoms with E-state index in [1.807, 2.05) is 19.1 Å². The average Bonchev–Trinajstić information content (AvgIpc) is 2.81. The summed E-state index contributed by atoms with van der Waals surface area (Å²) in [6.45, 7) is 17.1. The highest BCUT2D eigenvalue weighted by molar-refractivity contribution is 6.23. The molecule has 208 valence electrons. The van der Waals surface area contributed by atoms with Gasteiger partial charge in [-0.2, -0.15) is 0 Å². The van der Waals surface area contributed by atoms with Crippen LogP contribution in [0.15, 0.2) is 48.1 Å². The van der Waals surface area contributed by atoms with Gasteiger partial charge in [0.05, 0.1) is 5.38 Å². The molecule has 0 bridgehead atoms. The number of allylic oxidation sites excluding steroid dienone is 8. The molecule has 0 aromatic heterocycles. The van der Waals surface area contributed by atoms with E-state index in [0.717, 1.165) is 25.2 Å². The second kappa shape index (κ2) is 30.1. The molecule has 0 N–H and O–H groups in total. The van der Waals surface area contributed by atoms with Crippen LogP contribution in [0.25, 0.3) is 0 Å². The van der Waals surface area contributed by atoms with Gasteiger partial charge in [0.25, 0.3) is 0 Å². The Morgan fingerprint density at radius 2 is 1.66 bits per heavy atom. The third-order valence-electron chi connectivity index (χ3n) is 5.49. The maximum atomic E-state index is 5.91. The summed E-state index contributed by atoms with van der Waals surface area (Å²) in [5.74, 6) is 1.49. The van der Waals surface area contributed by atoms with E-state index < -0.39 is 0 Å². The van der Waals surface area contributed by atoms with Crippen molar-refractivity contribution in [2.45, 2.75) is 143 Å². The molecular formula is C32H59Cl3. The first-order valence-electron chi connectivity index (χ1n) is 14.1. The van der Waals surface area contributed by atoms with Crippen LogP contribution in [0.2, 0.25) is 0 Å². The summed E-state index contributed by atoms with van der Waals surface area (Å²) in [5.41, 5.74) is 1.58. The molecule has 0 aliphatic heterocycles. The summed E-state index contributed by atoms with van der Waals surface area (Å²) < 4.78 is 0. The highest BCUT2D eigenvalue weighted by Crippen LogP contribution is 2.28. The molecule has 2 unspecified atom stereocenters. The first-order chi connectivity index (χ1) is 16.6. The maximum Gasteiger partial charge on any atom is 0.0515 e. The zero-order chi connectivity index (χ0) is 27.4. The van der Waals surface area contributed by atoms with Crippen molar-refractivity contribution >= 4 is 34.8 Å². The average molecular weight is 550 g/mol. The van der Waals surface area contributed by atoms with Crippen molar-refractivity contribution in [2.75, 3.05) is 5.88 Å². The lowest BCUT2D eigenvalue weighted by Gasteiger charge is -2.21. The predicted molar refractivity (Wildman–Crippen MR) is 169 cm³/mol. The Morgan fingerprint density at radius 1 is 1.00 bits per heavy atom. The Kier molecular flexibility index (Phi) is 33.8. The van der Waals surface area contributed by atoms with Crippen LogP contribution in [0.1, 0.15) is 132 Å². The molecule has 0 heterocycles. The molecule has 0 amide bonds. The number of alkyl halides is 3. The molecule has 1 aliphatic carbocycles. The topological polar surface area (TPSA) is 0 Å². The van der Waals surface area contributed by atoms with Gasteiger partial charge in [-0.05, 0) is 71.6 Å². The Bertz CT molecular complexity index is 523. The monoisotopic (exact) mass is 548 g/mol. The van der Waals surface area contributed by atoms with Gasteiger partial charge in [-0.1, -0.05) is 115 Å². The number of hydrogen-bond acceptors (Lipinski definition) is 0. The molecule has 1 saturated carbocycles. The van der Waals surface area contributed by atoms with E-state index >= 15 is 0 Å². The molecule has 0 spiro atoms. The van der Waals surface area contributed by atoms with Crippen LogP contribution in [0.4, 0.5) is 0 Å². The molecule has 0 aromatic carbocycles. The van der Waals surface area contributed by atoms with Crippen LogP contribution in [-0.2, 0) is 0 Å². The van der Waals surface area contributed by atoms with E-state index in [4.69, 9.17) is 34.8 Å². The molecule has 1 aliphatic rings. The van der Waals surface area contributed by atoms with Crippen LogP contribution in [0.3, 0.4) is 0 Å². The zero-order valence-corrected chi connectivity index (χ0v) is 26.8. The fourth-order valence-corrected chi connectivity index (χ4v) is 4.04. The van der Waals surface area contributed by atoms with Crippen LogP contribution in [0, 0.1) is 5.92 Å². The molecule has 1 fully saturated rings. The lowest BCUT2D eigenvalue weighted by atomic mass is 9.86. The Balaban J connectivity index is -0.000000392. The molecule has 1 rings (SSSR count). The summed E-state index contributed by atoms with van der Waals surface area (Å²) >= 11 is 17.3. The number of halogens is 3. The fourth-order valence-electron chi connectivity index (χ4n) is 3.35. The molecule has 2 atom stereocenters. The molecule has 3 heteroatoms. The lowest BCUT2D eigenvalue weighted by molar-refractivity contribution is 0.483. The minimum Gasteiger partial charge on any atom is -0.122 e. The van der Waals surface area contributed by atoms with Gasteiger partial charge in [0.15, 0.2) is 0 Å². The van der Waals surface area contributed by atoms with Gasteiger partial charge < -0.3 is 0 Å². The summed E-state index contributed by atoms with van der Waals surface area (Å²) in [5, 5.41) is 0.255. The molecule has 0 nitrogen and oxygen atoms in total. The number of hydrogen-bond donors (Lipinski definition) is 0. The zero-order valence-electron chi connectivity index (χ0n) is 24.5. The molecular weight excluding hydrogens is 491 g/mol. The van der Waals surface area contributed by atoms with Crippen molar-refractivity contribution < 1.29 is 0 Å². The maximum absolute atomic E-state index is 5.91. The molecule has 0 saturated heterocycles. The van der Waals surface area contributed by atoms with Crippen LogP contribution in [0.5, 0.6) is 0 Å². The summed E-state index contributed by atoms with van der Waals surface area (Å²) in [4.78, 5) is 0.0238. The van der Waals surface area contributed by atoms with Gasteiger partial charge >= 0.3 is 0 Å². The quantitative estimate of drug-likeness (QED) is 0.136. The van der Waals surface area contributed by atoms with Crippen molar-refractivity contribution in [2.24, 2.45) is 5.92 Å². The van der Waals surface area contributed by atoms with Gasteiger partial charge in [-0.15, -0.1) is 34.8 Å². The first kappa shape index (κ1) is 39.3. The van der Waals surface area contributed by atoms with Crippen molar-refractivity contribution in [1.82, 2.24) is 0 Å². The largest absolute Gasteiger partial charge is 0.122 e. The van der Waals surface area contributed by atoms with Crippen molar-refractivity contribution in [3.63, 3.8) is 0 Å². The summed E-state index contributed by atoms with van der Waals surface area (Å²) in [6.07, 6.45) is 29.7. The lowest BCUT2D eigenvalue weighted by Crippen LogP contribution is -2.08. The molecule has 35 heavy (non-hydrogen) atoms.